The summed E-state index contributed by atoms with van der Waals surface area (Å²) >= 11 is 0. The Balaban J connectivity index is 2.63. The summed E-state index contributed by atoms with van der Waals surface area (Å²) in [5.74, 6) is 0.176. The van der Waals surface area contributed by atoms with E-state index in [9.17, 15) is 0 Å². The van der Waals surface area contributed by atoms with Crippen molar-refractivity contribution in [2.45, 2.75) is 12.7 Å². The summed E-state index contributed by atoms with van der Waals surface area (Å²) in [7, 11) is 6.92. The van der Waals surface area contributed by atoms with Gasteiger partial charge < -0.3 is 4.74 Å². The van der Waals surface area contributed by atoms with Crippen LogP contribution in [0.5, 0.6) is 0 Å². The molecule has 1 nitrogen and oxygen atoms in total. The van der Waals surface area contributed by atoms with Crippen molar-refractivity contribution in [3.8, 4) is 0 Å². The van der Waals surface area contributed by atoms with Crippen LogP contribution in [0.25, 0.3) is 0 Å². The summed E-state index contributed by atoms with van der Waals surface area (Å²) in [6.07, 6.45) is 0. The van der Waals surface area contributed by atoms with E-state index in [-0.39, 0.29) is 5.82 Å². The fourth-order valence-electron chi connectivity index (χ4n) is 0.263. The van der Waals surface area contributed by atoms with Crippen LogP contribution >= 0.6 is 0 Å². The molecular formula is C4H9BO. The average Bonchev–Trinajstić information content (AvgIpc) is 1.35. The van der Waals surface area contributed by atoms with Crippen LogP contribution in [0, 0.1) is 0 Å². The zero-order chi connectivity index (χ0) is 4.99. The Morgan fingerprint density at radius 3 is 2.33 bits per heavy atom. The second kappa shape index (κ2) is 3.22. The molecular weight excluding hydrogens is 74.9 g/mol. The molecule has 34 valence electrons. The van der Waals surface area contributed by atoms with Gasteiger partial charge >= 0.3 is 0 Å². The Labute approximate surface area is 40.1 Å². The number of methoxy groups -OCH3 is 1. The van der Waals surface area contributed by atoms with E-state index in [0.717, 1.165) is 0 Å². The van der Waals surface area contributed by atoms with Gasteiger partial charge in [-0.15, -0.1) is 0 Å². The van der Waals surface area contributed by atoms with Gasteiger partial charge in [-0.3, -0.25) is 0 Å². The monoisotopic (exact) mass is 84.1 g/mol. The highest BCUT2D eigenvalue weighted by molar-refractivity contribution is 6.11. The molecule has 0 aromatic rings. The van der Waals surface area contributed by atoms with Crippen LogP contribution in [0.1, 0.15) is 6.92 Å². The lowest BCUT2D eigenvalue weighted by atomic mass is 9.91. The lowest BCUT2D eigenvalue weighted by Gasteiger charge is -1.98. The summed E-state index contributed by atoms with van der Waals surface area (Å²) in [6.45, 7) is 2.56. The smallest absolute Gasteiger partial charge is 0.0727 e. The van der Waals surface area contributed by atoms with Gasteiger partial charge in [-0.05, 0) is 0 Å². The Hall–Kier alpha value is 0.0249. The molecule has 0 bridgehead atoms. The topological polar surface area (TPSA) is 9.23 Å². The lowest BCUT2D eigenvalue weighted by molar-refractivity contribution is 0.199. The molecule has 0 aliphatic rings. The molecule has 2 heteroatoms. The molecule has 0 aromatic carbocycles. The van der Waals surface area contributed by atoms with E-state index in [1.54, 1.807) is 7.11 Å². The molecule has 0 fully saturated rings. The van der Waals surface area contributed by atoms with E-state index in [1.165, 1.54) is 0 Å². The van der Waals surface area contributed by atoms with Gasteiger partial charge in [-0.1, -0.05) is 12.7 Å². The van der Waals surface area contributed by atoms with Crippen LogP contribution in [-0.4, -0.2) is 21.6 Å². The Morgan fingerprint density at radius 1 is 1.83 bits per heavy atom. The highest BCUT2D eigenvalue weighted by atomic mass is 16.5. The van der Waals surface area contributed by atoms with Crippen molar-refractivity contribution in [1.82, 2.24) is 0 Å². The van der Waals surface area contributed by atoms with Crippen molar-refractivity contribution in [3.05, 3.63) is 0 Å². The molecule has 0 saturated heterocycles. The summed E-state index contributed by atoms with van der Waals surface area (Å²) in [4.78, 5) is 0. The quantitative estimate of drug-likeness (QED) is 0.445. The first kappa shape index (κ1) is 6.02. The Kier molecular flexibility index (Phi) is 3.24. The number of hydrogen-bond acceptors (Lipinski definition) is 1. The highest BCUT2D eigenvalue weighted by Crippen LogP contribution is 1.91. The third kappa shape index (κ3) is 4.02. The fourth-order valence-corrected chi connectivity index (χ4v) is 0.263. The number of rotatable bonds is 2. The third-order valence-corrected chi connectivity index (χ3v) is 0.430. The number of hydrogen-bond donors (Lipinski definition) is 0. The minimum atomic E-state index is 0.176. The molecule has 2 radical (unpaired) electrons. The second-order valence-corrected chi connectivity index (χ2v) is 1.43. The average molecular weight is 83.9 g/mol. The van der Waals surface area contributed by atoms with Crippen molar-refractivity contribution in [3.63, 3.8) is 0 Å². The standard InChI is InChI=1S/C4H9BO/c1-4(5)3-6-2/h4H,3H2,1-2H3. The van der Waals surface area contributed by atoms with Crippen molar-refractivity contribution in [2.75, 3.05) is 13.7 Å². The maximum Gasteiger partial charge on any atom is 0.0727 e. The first-order valence-corrected chi connectivity index (χ1v) is 2.02. The van der Waals surface area contributed by atoms with E-state index >= 15 is 0 Å². The van der Waals surface area contributed by atoms with Gasteiger partial charge in [0.2, 0.25) is 0 Å². The second-order valence-electron chi connectivity index (χ2n) is 1.43. The van der Waals surface area contributed by atoms with Crippen LogP contribution in [-0.2, 0) is 4.74 Å². The van der Waals surface area contributed by atoms with Gasteiger partial charge in [0.05, 0.1) is 7.85 Å². The summed E-state index contributed by atoms with van der Waals surface area (Å²) in [5, 5.41) is 0. The predicted octanol–water partition coefficient (Wildman–Crippen LogP) is 0.610. The van der Waals surface area contributed by atoms with Crippen LogP contribution in [0.15, 0.2) is 0 Å². The van der Waals surface area contributed by atoms with E-state index in [2.05, 4.69) is 4.74 Å². The van der Waals surface area contributed by atoms with Crippen LogP contribution in [0.2, 0.25) is 5.82 Å². The van der Waals surface area contributed by atoms with Gasteiger partial charge in [0.1, 0.15) is 0 Å². The molecule has 0 spiro atoms. The summed E-state index contributed by atoms with van der Waals surface area (Å²) in [6, 6.07) is 0. The molecule has 0 aliphatic carbocycles. The molecule has 0 saturated carbocycles. The first-order valence-electron chi connectivity index (χ1n) is 2.02. The predicted molar refractivity (Wildman–Crippen MR) is 27.1 cm³/mol. The molecule has 0 aromatic heterocycles. The zero-order valence-electron chi connectivity index (χ0n) is 4.27. The van der Waals surface area contributed by atoms with Crippen LogP contribution in [0.4, 0.5) is 0 Å². The van der Waals surface area contributed by atoms with Gasteiger partial charge in [0.25, 0.3) is 0 Å². The highest BCUT2D eigenvalue weighted by Gasteiger charge is 1.85. The molecule has 6 heavy (non-hydrogen) atoms. The minimum Gasteiger partial charge on any atom is -0.385 e. The largest absolute Gasteiger partial charge is 0.385 e. The van der Waals surface area contributed by atoms with Crippen molar-refractivity contribution >= 4 is 7.85 Å². The molecule has 1 atom stereocenters. The zero-order valence-corrected chi connectivity index (χ0v) is 4.27. The van der Waals surface area contributed by atoms with E-state index in [4.69, 9.17) is 7.85 Å². The van der Waals surface area contributed by atoms with Gasteiger partial charge in [-0.25, -0.2) is 0 Å². The first-order chi connectivity index (χ1) is 2.77. The van der Waals surface area contributed by atoms with Gasteiger partial charge in [-0.2, -0.15) is 0 Å². The van der Waals surface area contributed by atoms with Crippen LogP contribution < -0.4 is 0 Å². The molecule has 0 heterocycles. The molecule has 0 rings (SSSR count). The SMILES string of the molecule is [B]C(C)COC. The summed E-state index contributed by atoms with van der Waals surface area (Å²) < 4.78 is 4.68. The molecule has 0 amide bonds. The van der Waals surface area contributed by atoms with E-state index < -0.39 is 0 Å². The fraction of sp³-hybridized carbons (Fsp3) is 1.00. The molecule has 0 aliphatic heterocycles. The van der Waals surface area contributed by atoms with Gasteiger partial charge in [0.15, 0.2) is 0 Å². The van der Waals surface area contributed by atoms with Crippen molar-refractivity contribution < 1.29 is 4.74 Å². The van der Waals surface area contributed by atoms with E-state index in [1.807, 2.05) is 6.92 Å². The number of ether oxygens (including phenoxy) is 1. The maximum atomic E-state index is 5.28. The summed E-state index contributed by atoms with van der Waals surface area (Å²) in [5.41, 5.74) is 0. The normalized spacial score (nSPS) is 14.3. The molecule has 0 N–H and O–H groups in total. The third-order valence-electron chi connectivity index (χ3n) is 0.430. The lowest BCUT2D eigenvalue weighted by Crippen LogP contribution is -1.94. The van der Waals surface area contributed by atoms with Gasteiger partial charge in [0, 0.05) is 13.7 Å². The van der Waals surface area contributed by atoms with E-state index in [0.29, 0.717) is 6.61 Å². The Bertz CT molecular complexity index is 28.7. The van der Waals surface area contributed by atoms with Crippen molar-refractivity contribution in [2.24, 2.45) is 0 Å². The van der Waals surface area contributed by atoms with Crippen molar-refractivity contribution in [1.29, 1.82) is 0 Å². The minimum absolute atomic E-state index is 0.176. The van der Waals surface area contributed by atoms with Crippen LogP contribution in [0.3, 0.4) is 0 Å². The molecule has 1 unspecified atom stereocenters. The maximum absolute atomic E-state index is 5.28. The Morgan fingerprint density at radius 2 is 2.33 bits per heavy atom.